The second-order valence-corrected chi connectivity index (χ2v) is 6.65. The molecule has 2 fully saturated rings. The first kappa shape index (κ1) is 14.1. The van der Waals surface area contributed by atoms with E-state index < -0.39 is 0 Å². The largest absolute Gasteiger partial charge is 0.477 e. The highest BCUT2D eigenvalue weighted by atomic mass is 16.5. The van der Waals surface area contributed by atoms with Crippen molar-refractivity contribution in [3.63, 3.8) is 0 Å². The van der Waals surface area contributed by atoms with Crippen LogP contribution >= 0.6 is 0 Å². The molecule has 1 aromatic heterocycles. The predicted molar refractivity (Wildman–Crippen MR) is 82.0 cm³/mol. The summed E-state index contributed by atoms with van der Waals surface area (Å²) in [7, 11) is 0. The molecule has 4 rings (SSSR count). The molecule has 3 heterocycles. The summed E-state index contributed by atoms with van der Waals surface area (Å²) in [5, 5.41) is 8.00. The number of carbonyl (C=O) groups is 1. The molecular weight excluding hydrogens is 280 g/mol. The minimum Gasteiger partial charge on any atom is -0.477 e. The molecule has 0 atom stereocenters. The van der Waals surface area contributed by atoms with Crippen molar-refractivity contribution < 1.29 is 9.53 Å². The van der Waals surface area contributed by atoms with Gasteiger partial charge in [0.25, 0.3) is 5.91 Å². The first-order valence-electron chi connectivity index (χ1n) is 8.55. The molecule has 0 spiro atoms. The average molecular weight is 304 g/mol. The molecule has 0 unspecified atom stereocenters. The second kappa shape index (κ2) is 5.91. The van der Waals surface area contributed by atoms with Crippen LogP contribution in [0, 0.1) is 0 Å². The summed E-state index contributed by atoms with van der Waals surface area (Å²) in [6.45, 7) is 3.18. The molecule has 6 nitrogen and oxygen atoms in total. The standard InChI is InChI=1S/C16H24N4O2/c21-15(14-11-17-20-7-2-10-22-16(14)20)19-8-5-13(6-9-19)18-12-3-1-4-12/h11-13,18H,1-10H2. The van der Waals surface area contributed by atoms with Crippen molar-refractivity contribution in [1.29, 1.82) is 0 Å². The van der Waals surface area contributed by atoms with Crippen molar-refractivity contribution in [3.8, 4) is 5.88 Å². The Balaban J connectivity index is 1.36. The molecular formula is C16H24N4O2. The fourth-order valence-electron chi connectivity index (χ4n) is 3.54. The van der Waals surface area contributed by atoms with E-state index in [1.807, 2.05) is 9.58 Å². The Morgan fingerprint density at radius 1 is 1.14 bits per heavy atom. The Bertz CT molecular complexity index is 544. The van der Waals surface area contributed by atoms with E-state index in [0.717, 1.165) is 44.9 Å². The fourth-order valence-corrected chi connectivity index (χ4v) is 3.54. The van der Waals surface area contributed by atoms with Crippen LogP contribution in [0.2, 0.25) is 0 Å². The number of hydrogen-bond acceptors (Lipinski definition) is 4. The molecule has 1 saturated carbocycles. The lowest BCUT2D eigenvalue weighted by molar-refractivity contribution is 0.0690. The van der Waals surface area contributed by atoms with Gasteiger partial charge < -0.3 is 15.0 Å². The third kappa shape index (κ3) is 2.60. The van der Waals surface area contributed by atoms with Gasteiger partial charge in [-0.15, -0.1) is 0 Å². The molecule has 22 heavy (non-hydrogen) atoms. The van der Waals surface area contributed by atoms with Crippen molar-refractivity contribution in [3.05, 3.63) is 11.8 Å². The number of piperidine rings is 1. The molecule has 0 aromatic carbocycles. The van der Waals surface area contributed by atoms with Gasteiger partial charge in [-0.25, -0.2) is 4.68 Å². The molecule has 2 aliphatic heterocycles. The molecule has 1 N–H and O–H groups in total. The highest BCUT2D eigenvalue weighted by molar-refractivity contribution is 5.96. The number of aromatic nitrogens is 2. The second-order valence-electron chi connectivity index (χ2n) is 6.65. The van der Waals surface area contributed by atoms with Crippen LogP contribution in [0.4, 0.5) is 0 Å². The van der Waals surface area contributed by atoms with Gasteiger partial charge in [0.1, 0.15) is 5.56 Å². The predicted octanol–water partition coefficient (Wildman–Crippen LogP) is 1.41. The molecule has 1 aliphatic carbocycles. The maximum absolute atomic E-state index is 12.7. The monoisotopic (exact) mass is 304 g/mol. The summed E-state index contributed by atoms with van der Waals surface area (Å²) < 4.78 is 7.45. The highest BCUT2D eigenvalue weighted by Crippen LogP contribution is 2.26. The highest BCUT2D eigenvalue weighted by Gasteiger charge is 2.30. The molecule has 0 radical (unpaired) electrons. The molecule has 3 aliphatic rings. The minimum absolute atomic E-state index is 0.0743. The zero-order valence-electron chi connectivity index (χ0n) is 13.0. The average Bonchev–Trinajstić information content (AvgIpc) is 2.95. The van der Waals surface area contributed by atoms with Crippen LogP contribution in [-0.4, -0.2) is 52.4 Å². The van der Waals surface area contributed by atoms with Gasteiger partial charge in [0.2, 0.25) is 5.88 Å². The SMILES string of the molecule is O=C(c1cnn2c1OCCC2)N1CCC(NC2CCC2)CC1. The van der Waals surface area contributed by atoms with Crippen LogP contribution in [0.15, 0.2) is 6.20 Å². The van der Waals surface area contributed by atoms with E-state index in [0.29, 0.717) is 24.1 Å². The normalized spacial score (nSPS) is 22.8. The number of likely N-dealkylation sites (tertiary alicyclic amines) is 1. The molecule has 120 valence electrons. The topological polar surface area (TPSA) is 59.4 Å². The number of rotatable bonds is 3. The Morgan fingerprint density at radius 3 is 2.64 bits per heavy atom. The smallest absolute Gasteiger partial charge is 0.260 e. The Hall–Kier alpha value is -1.56. The molecule has 1 amide bonds. The zero-order chi connectivity index (χ0) is 14.9. The van der Waals surface area contributed by atoms with Gasteiger partial charge in [0.15, 0.2) is 0 Å². The first-order valence-corrected chi connectivity index (χ1v) is 8.55. The van der Waals surface area contributed by atoms with E-state index in [1.165, 1.54) is 19.3 Å². The summed E-state index contributed by atoms with van der Waals surface area (Å²) in [5.74, 6) is 0.733. The van der Waals surface area contributed by atoms with Crippen LogP contribution in [0.25, 0.3) is 0 Å². The van der Waals surface area contributed by atoms with E-state index >= 15 is 0 Å². The van der Waals surface area contributed by atoms with Gasteiger partial charge in [-0.05, 0) is 25.7 Å². The van der Waals surface area contributed by atoms with Crippen LogP contribution in [0.1, 0.15) is 48.9 Å². The van der Waals surface area contributed by atoms with E-state index in [1.54, 1.807) is 6.20 Å². The van der Waals surface area contributed by atoms with E-state index in [9.17, 15) is 4.79 Å². The fraction of sp³-hybridized carbons (Fsp3) is 0.750. The molecule has 0 bridgehead atoms. The molecule has 1 saturated heterocycles. The lowest BCUT2D eigenvalue weighted by Crippen LogP contribution is -2.49. The summed E-state index contributed by atoms with van der Waals surface area (Å²) in [4.78, 5) is 14.7. The number of hydrogen-bond donors (Lipinski definition) is 1. The van der Waals surface area contributed by atoms with Gasteiger partial charge in [0, 0.05) is 38.1 Å². The van der Waals surface area contributed by atoms with E-state index in [4.69, 9.17) is 4.74 Å². The first-order chi connectivity index (χ1) is 10.8. The number of amides is 1. The lowest BCUT2D eigenvalue weighted by atomic mass is 9.91. The van der Waals surface area contributed by atoms with Crippen molar-refractivity contribution in [2.45, 2.75) is 57.2 Å². The van der Waals surface area contributed by atoms with Crippen molar-refractivity contribution in [1.82, 2.24) is 20.0 Å². The third-order valence-electron chi connectivity index (χ3n) is 5.13. The number of fused-ring (bicyclic) bond motifs is 1. The summed E-state index contributed by atoms with van der Waals surface area (Å²) >= 11 is 0. The van der Waals surface area contributed by atoms with Crippen LogP contribution in [0.5, 0.6) is 5.88 Å². The van der Waals surface area contributed by atoms with Crippen molar-refractivity contribution in [2.24, 2.45) is 0 Å². The zero-order valence-corrected chi connectivity index (χ0v) is 13.0. The number of aryl methyl sites for hydroxylation is 1. The Kier molecular flexibility index (Phi) is 3.78. The van der Waals surface area contributed by atoms with Crippen LogP contribution in [-0.2, 0) is 6.54 Å². The maximum atomic E-state index is 12.7. The Morgan fingerprint density at radius 2 is 1.91 bits per heavy atom. The maximum Gasteiger partial charge on any atom is 0.260 e. The third-order valence-corrected chi connectivity index (χ3v) is 5.13. The van der Waals surface area contributed by atoms with Crippen LogP contribution < -0.4 is 10.1 Å². The quantitative estimate of drug-likeness (QED) is 0.917. The number of ether oxygens (including phenoxy) is 1. The molecule has 1 aromatic rings. The summed E-state index contributed by atoms with van der Waals surface area (Å²) in [5.41, 5.74) is 0.630. The number of nitrogens with one attached hydrogen (secondary N) is 1. The van der Waals surface area contributed by atoms with Gasteiger partial charge in [0.05, 0.1) is 12.8 Å². The molecule has 6 heteroatoms. The number of nitrogens with zero attached hydrogens (tertiary/aromatic N) is 3. The van der Waals surface area contributed by atoms with E-state index in [2.05, 4.69) is 10.4 Å². The van der Waals surface area contributed by atoms with Crippen molar-refractivity contribution >= 4 is 5.91 Å². The van der Waals surface area contributed by atoms with Gasteiger partial charge >= 0.3 is 0 Å². The number of carbonyl (C=O) groups excluding carboxylic acids is 1. The lowest BCUT2D eigenvalue weighted by Gasteiger charge is -2.37. The van der Waals surface area contributed by atoms with Gasteiger partial charge in [-0.3, -0.25) is 4.79 Å². The van der Waals surface area contributed by atoms with Crippen molar-refractivity contribution in [2.75, 3.05) is 19.7 Å². The minimum atomic E-state index is 0.0743. The summed E-state index contributed by atoms with van der Waals surface area (Å²) in [6, 6.07) is 1.30. The Labute approximate surface area is 130 Å². The van der Waals surface area contributed by atoms with E-state index in [-0.39, 0.29) is 5.91 Å². The van der Waals surface area contributed by atoms with Gasteiger partial charge in [-0.1, -0.05) is 6.42 Å². The summed E-state index contributed by atoms with van der Waals surface area (Å²) in [6.07, 6.45) is 8.72. The van der Waals surface area contributed by atoms with Gasteiger partial charge in [-0.2, -0.15) is 5.10 Å². The van der Waals surface area contributed by atoms with Crippen LogP contribution in [0.3, 0.4) is 0 Å².